The molecule has 0 heterocycles. The third kappa shape index (κ3) is 0.740. The van der Waals surface area contributed by atoms with Crippen molar-refractivity contribution < 1.29 is 0 Å². The fourth-order valence-corrected chi connectivity index (χ4v) is 1.04. The molecule has 0 unspecified atom stereocenters. The molecule has 0 spiro atoms. The van der Waals surface area contributed by atoms with Crippen molar-refractivity contribution in [1.82, 2.24) is 5.01 Å². The van der Waals surface area contributed by atoms with Crippen LogP contribution in [0.4, 0.5) is 0 Å². The van der Waals surface area contributed by atoms with Crippen LogP contribution in [0.15, 0.2) is 0 Å². The molecule has 2 saturated carbocycles. The third-order valence-corrected chi connectivity index (χ3v) is 1.94. The molecule has 2 rings (SSSR count). The second kappa shape index (κ2) is 1.45. The maximum Gasteiger partial charge on any atom is 0.0245 e. The quantitative estimate of drug-likeness (QED) is 0.416. The van der Waals surface area contributed by atoms with Crippen LogP contribution in [0.5, 0.6) is 0 Å². The number of hydrogen-bond donors (Lipinski definition) is 1. The van der Waals surface area contributed by atoms with Gasteiger partial charge in [0.1, 0.15) is 0 Å². The zero-order valence-corrected chi connectivity index (χ0v) is 5.01. The van der Waals surface area contributed by atoms with Crippen molar-refractivity contribution in [3.05, 3.63) is 0 Å². The van der Waals surface area contributed by atoms with E-state index in [1.165, 1.54) is 25.7 Å². The first-order valence-corrected chi connectivity index (χ1v) is 3.41. The minimum absolute atomic E-state index is 0.766. The zero-order valence-electron chi connectivity index (χ0n) is 5.01. The van der Waals surface area contributed by atoms with E-state index in [0.717, 1.165) is 12.1 Å². The van der Waals surface area contributed by atoms with Gasteiger partial charge in [0, 0.05) is 12.1 Å². The van der Waals surface area contributed by atoms with Crippen molar-refractivity contribution in [1.29, 1.82) is 0 Å². The van der Waals surface area contributed by atoms with E-state index in [4.69, 9.17) is 5.84 Å². The van der Waals surface area contributed by atoms with Crippen LogP contribution in [-0.4, -0.2) is 17.1 Å². The maximum atomic E-state index is 5.72. The van der Waals surface area contributed by atoms with E-state index in [1.54, 1.807) is 0 Å². The van der Waals surface area contributed by atoms with Gasteiger partial charge in [0.25, 0.3) is 0 Å². The van der Waals surface area contributed by atoms with Crippen LogP contribution in [0, 0.1) is 0 Å². The van der Waals surface area contributed by atoms with Gasteiger partial charge >= 0.3 is 0 Å². The molecule has 0 atom stereocenters. The van der Waals surface area contributed by atoms with E-state index in [2.05, 4.69) is 5.01 Å². The van der Waals surface area contributed by atoms with Gasteiger partial charge in [-0.2, -0.15) is 0 Å². The molecule has 2 aliphatic rings. The number of nitrogens with two attached hydrogens (primary N) is 1. The Kier molecular flexibility index (Phi) is 0.866. The molecule has 0 bridgehead atoms. The normalized spacial score (nSPS) is 29.2. The summed E-state index contributed by atoms with van der Waals surface area (Å²) in [7, 11) is 0. The van der Waals surface area contributed by atoms with Crippen LogP contribution in [0.1, 0.15) is 25.7 Å². The molecule has 2 aliphatic carbocycles. The lowest BCUT2D eigenvalue weighted by Crippen LogP contribution is -2.35. The smallest absolute Gasteiger partial charge is 0.0245 e. The lowest BCUT2D eigenvalue weighted by Gasteiger charge is -2.12. The van der Waals surface area contributed by atoms with Crippen LogP contribution in [-0.2, 0) is 0 Å². The molecule has 2 nitrogen and oxygen atoms in total. The lowest BCUT2D eigenvalue weighted by atomic mass is 10.6. The van der Waals surface area contributed by atoms with Gasteiger partial charge in [-0.15, -0.1) is 0 Å². The predicted molar refractivity (Wildman–Crippen MR) is 32.1 cm³/mol. The van der Waals surface area contributed by atoms with Gasteiger partial charge in [0.15, 0.2) is 0 Å². The van der Waals surface area contributed by atoms with E-state index >= 15 is 0 Å². The fourth-order valence-electron chi connectivity index (χ4n) is 1.04. The Morgan fingerprint density at radius 1 is 1.00 bits per heavy atom. The van der Waals surface area contributed by atoms with E-state index in [9.17, 15) is 0 Å². The first kappa shape index (κ1) is 4.77. The molecule has 0 aromatic carbocycles. The molecule has 0 aromatic heterocycles. The van der Waals surface area contributed by atoms with Crippen LogP contribution in [0.25, 0.3) is 0 Å². The summed E-state index contributed by atoms with van der Waals surface area (Å²) in [4.78, 5) is 0. The van der Waals surface area contributed by atoms with Crippen LogP contribution in [0.3, 0.4) is 0 Å². The fraction of sp³-hybridized carbons (Fsp3) is 1.00. The van der Waals surface area contributed by atoms with E-state index in [0.29, 0.717) is 0 Å². The van der Waals surface area contributed by atoms with E-state index in [-0.39, 0.29) is 0 Å². The SMILES string of the molecule is NN(C1CC1)C1CC1. The summed E-state index contributed by atoms with van der Waals surface area (Å²) in [5.74, 6) is 5.72. The molecular formula is C6H12N2. The Morgan fingerprint density at radius 2 is 1.38 bits per heavy atom. The van der Waals surface area contributed by atoms with Gasteiger partial charge in [0.05, 0.1) is 0 Å². The Labute approximate surface area is 49.6 Å². The predicted octanol–water partition coefficient (Wildman–Crippen LogP) is 0.487. The highest BCUT2D eigenvalue weighted by Gasteiger charge is 2.36. The minimum Gasteiger partial charge on any atom is -0.268 e. The molecule has 46 valence electrons. The van der Waals surface area contributed by atoms with Gasteiger partial charge in [-0.1, -0.05) is 0 Å². The van der Waals surface area contributed by atoms with Crippen molar-refractivity contribution in [3.8, 4) is 0 Å². The molecule has 0 aliphatic heterocycles. The summed E-state index contributed by atoms with van der Waals surface area (Å²) in [6, 6.07) is 1.53. The lowest BCUT2D eigenvalue weighted by molar-refractivity contribution is 0.261. The van der Waals surface area contributed by atoms with Crippen molar-refractivity contribution >= 4 is 0 Å². The van der Waals surface area contributed by atoms with Crippen molar-refractivity contribution in [3.63, 3.8) is 0 Å². The Bertz CT molecular complexity index is 82.7. The molecule has 0 aromatic rings. The summed E-state index contributed by atoms with van der Waals surface area (Å²) in [5, 5.41) is 2.06. The highest BCUT2D eigenvalue weighted by atomic mass is 15.5. The number of hydrogen-bond acceptors (Lipinski definition) is 2. The molecule has 0 saturated heterocycles. The number of rotatable bonds is 2. The molecule has 2 fully saturated rings. The summed E-state index contributed by atoms with van der Waals surface area (Å²) >= 11 is 0. The van der Waals surface area contributed by atoms with Gasteiger partial charge < -0.3 is 0 Å². The van der Waals surface area contributed by atoms with E-state index in [1.807, 2.05) is 0 Å². The average Bonchev–Trinajstić information content (AvgIpc) is 2.63. The number of nitrogens with zero attached hydrogens (tertiary/aromatic N) is 1. The minimum atomic E-state index is 0.766. The standard InChI is InChI=1S/C6H12N2/c7-8(5-1-2-5)6-3-4-6/h5-6H,1-4,7H2. The topological polar surface area (TPSA) is 29.3 Å². The molecular weight excluding hydrogens is 100 g/mol. The molecule has 0 amide bonds. The van der Waals surface area contributed by atoms with Gasteiger partial charge in [0.2, 0.25) is 0 Å². The monoisotopic (exact) mass is 112 g/mol. The van der Waals surface area contributed by atoms with Crippen LogP contribution >= 0.6 is 0 Å². The summed E-state index contributed by atoms with van der Waals surface area (Å²) < 4.78 is 0. The largest absolute Gasteiger partial charge is 0.268 e. The summed E-state index contributed by atoms with van der Waals surface area (Å²) in [5.41, 5.74) is 0. The molecule has 2 heteroatoms. The molecule has 0 radical (unpaired) electrons. The van der Waals surface area contributed by atoms with Crippen LogP contribution in [0.2, 0.25) is 0 Å². The van der Waals surface area contributed by atoms with Crippen molar-refractivity contribution in [2.75, 3.05) is 0 Å². The summed E-state index contributed by atoms with van der Waals surface area (Å²) in [6.45, 7) is 0. The Morgan fingerprint density at radius 3 is 1.62 bits per heavy atom. The molecule has 8 heavy (non-hydrogen) atoms. The average molecular weight is 112 g/mol. The second-order valence-corrected chi connectivity index (χ2v) is 2.91. The van der Waals surface area contributed by atoms with E-state index < -0.39 is 0 Å². The number of hydrazine groups is 1. The highest BCUT2D eigenvalue weighted by molar-refractivity contribution is 4.91. The first-order valence-electron chi connectivity index (χ1n) is 3.41. The third-order valence-electron chi connectivity index (χ3n) is 1.94. The zero-order chi connectivity index (χ0) is 5.56. The van der Waals surface area contributed by atoms with Gasteiger partial charge in [-0.05, 0) is 25.7 Å². The maximum absolute atomic E-state index is 5.72. The Balaban J connectivity index is 1.84. The first-order chi connectivity index (χ1) is 3.88. The van der Waals surface area contributed by atoms with Gasteiger partial charge in [-0.3, -0.25) is 5.84 Å². The summed E-state index contributed by atoms with van der Waals surface area (Å²) in [6.07, 6.45) is 5.36. The second-order valence-electron chi connectivity index (χ2n) is 2.91. The highest BCUT2D eigenvalue weighted by Crippen LogP contribution is 2.33. The van der Waals surface area contributed by atoms with Crippen molar-refractivity contribution in [2.24, 2.45) is 5.84 Å². The van der Waals surface area contributed by atoms with Crippen molar-refractivity contribution in [2.45, 2.75) is 37.8 Å². The molecule has 2 N–H and O–H groups in total. The van der Waals surface area contributed by atoms with Gasteiger partial charge in [-0.25, -0.2) is 5.01 Å². The van der Waals surface area contributed by atoms with Crippen LogP contribution < -0.4 is 5.84 Å². The Hall–Kier alpha value is -0.0800.